The monoisotopic (exact) mass is 186 g/mol. The summed E-state index contributed by atoms with van der Waals surface area (Å²) in [7, 11) is 1.78. The Labute approximate surface area is 81.3 Å². The van der Waals surface area contributed by atoms with Gasteiger partial charge in [-0.05, 0) is 44.9 Å². The number of rotatable bonds is 2. The Morgan fingerprint density at radius 3 is 2.31 bits per heavy atom. The van der Waals surface area contributed by atoms with E-state index in [9.17, 15) is 5.11 Å². The zero-order valence-electron chi connectivity index (χ0n) is 9.21. The molecule has 0 heterocycles. The predicted molar refractivity (Wildman–Crippen MR) is 53.6 cm³/mol. The van der Waals surface area contributed by atoms with Crippen molar-refractivity contribution in [2.24, 2.45) is 11.8 Å². The molecule has 2 nitrogen and oxygen atoms in total. The van der Waals surface area contributed by atoms with Crippen LogP contribution in [0.1, 0.15) is 40.0 Å². The minimum atomic E-state index is -0.521. The Morgan fingerprint density at radius 2 is 1.92 bits per heavy atom. The fourth-order valence-corrected chi connectivity index (χ4v) is 2.36. The lowest BCUT2D eigenvalue weighted by atomic mass is 9.73. The second kappa shape index (κ2) is 3.97. The van der Waals surface area contributed by atoms with Crippen LogP contribution >= 0.6 is 0 Å². The molecule has 0 saturated heterocycles. The lowest BCUT2D eigenvalue weighted by Gasteiger charge is -2.39. The molecule has 2 heteroatoms. The van der Waals surface area contributed by atoms with Gasteiger partial charge >= 0.3 is 0 Å². The standard InChI is InChI=1S/C11H22O2/c1-8-7-9(11(2,3)12)5-6-10(8)13-4/h8-10,12H,5-7H2,1-4H3. The molecule has 1 N–H and O–H groups in total. The van der Waals surface area contributed by atoms with Crippen LogP contribution < -0.4 is 0 Å². The Kier molecular flexibility index (Phi) is 3.36. The van der Waals surface area contributed by atoms with E-state index in [1.54, 1.807) is 7.11 Å². The molecule has 1 aliphatic rings. The van der Waals surface area contributed by atoms with Gasteiger partial charge in [0.2, 0.25) is 0 Å². The Morgan fingerprint density at radius 1 is 1.31 bits per heavy atom. The highest BCUT2D eigenvalue weighted by Gasteiger charge is 2.34. The third-order valence-electron chi connectivity index (χ3n) is 3.39. The number of hydrogen-bond donors (Lipinski definition) is 1. The van der Waals surface area contributed by atoms with Crippen molar-refractivity contribution in [3.8, 4) is 0 Å². The predicted octanol–water partition coefficient (Wildman–Crippen LogP) is 2.21. The van der Waals surface area contributed by atoms with Crippen LogP contribution in [0, 0.1) is 11.8 Å². The first-order chi connectivity index (χ1) is 5.95. The molecule has 78 valence electrons. The van der Waals surface area contributed by atoms with Gasteiger partial charge in [0.15, 0.2) is 0 Å². The van der Waals surface area contributed by atoms with E-state index < -0.39 is 5.60 Å². The molecule has 0 aromatic heterocycles. The van der Waals surface area contributed by atoms with Gasteiger partial charge in [0.05, 0.1) is 11.7 Å². The summed E-state index contributed by atoms with van der Waals surface area (Å²) in [6.07, 6.45) is 3.67. The van der Waals surface area contributed by atoms with Crippen LogP contribution in [0.5, 0.6) is 0 Å². The summed E-state index contributed by atoms with van der Waals surface area (Å²) < 4.78 is 5.38. The minimum absolute atomic E-state index is 0.401. The van der Waals surface area contributed by atoms with Crippen molar-refractivity contribution in [2.45, 2.75) is 51.7 Å². The number of methoxy groups -OCH3 is 1. The van der Waals surface area contributed by atoms with Gasteiger partial charge in [-0.1, -0.05) is 6.92 Å². The first-order valence-electron chi connectivity index (χ1n) is 5.20. The number of ether oxygens (including phenoxy) is 1. The van der Waals surface area contributed by atoms with Crippen LogP contribution in [0.15, 0.2) is 0 Å². The fraction of sp³-hybridized carbons (Fsp3) is 1.00. The highest BCUT2D eigenvalue weighted by molar-refractivity contribution is 4.86. The van der Waals surface area contributed by atoms with Gasteiger partial charge in [-0.2, -0.15) is 0 Å². The first kappa shape index (κ1) is 11.0. The Balaban J connectivity index is 2.51. The SMILES string of the molecule is COC1CCC(C(C)(C)O)CC1C. The highest BCUT2D eigenvalue weighted by Crippen LogP contribution is 2.36. The van der Waals surface area contributed by atoms with Crippen molar-refractivity contribution in [1.29, 1.82) is 0 Å². The van der Waals surface area contributed by atoms with E-state index in [-0.39, 0.29) is 0 Å². The molecule has 0 aromatic rings. The van der Waals surface area contributed by atoms with Gasteiger partial charge < -0.3 is 9.84 Å². The molecule has 13 heavy (non-hydrogen) atoms. The van der Waals surface area contributed by atoms with E-state index in [1.165, 1.54) is 0 Å². The molecule has 0 aliphatic heterocycles. The van der Waals surface area contributed by atoms with Gasteiger partial charge in [-0.15, -0.1) is 0 Å². The van der Waals surface area contributed by atoms with E-state index in [4.69, 9.17) is 4.74 Å². The van der Waals surface area contributed by atoms with Gasteiger partial charge in [0.1, 0.15) is 0 Å². The van der Waals surface area contributed by atoms with Gasteiger partial charge in [-0.3, -0.25) is 0 Å². The van der Waals surface area contributed by atoms with Gasteiger partial charge in [-0.25, -0.2) is 0 Å². The summed E-state index contributed by atoms with van der Waals surface area (Å²) >= 11 is 0. The highest BCUT2D eigenvalue weighted by atomic mass is 16.5. The van der Waals surface area contributed by atoms with Crippen LogP contribution in [0.25, 0.3) is 0 Å². The van der Waals surface area contributed by atoms with Gasteiger partial charge in [0.25, 0.3) is 0 Å². The first-order valence-corrected chi connectivity index (χ1v) is 5.20. The van der Waals surface area contributed by atoms with Crippen LogP contribution in [-0.2, 0) is 4.74 Å². The quantitative estimate of drug-likeness (QED) is 0.716. The largest absolute Gasteiger partial charge is 0.390 e. The lowest BCUT2D eigenvalue weighted by Crippen LogP contribution is -2.39. The average molecular weight is 186 g/mol. The van der Waals surface area contributed by atoms with E-state index in [0.717, 1.165) is 19.3 Å². The van der Waals surface area contributed by atoms with Crippen molar-refractivity contribution in [3.63, 3.8) is 0 Å². The van der Waals surface area contributed by atoms with E-state index in [2.05, 4.69) is 6.92 Å². The summed E-state index contributed by atoms with van der Waals surface area (Å²) in [5.41, 5.74) is -0.521. The lowest BCUT2D eigenvalue weighted by molar-refractivity contribution is -0.0503. The third-order valence-corrected chi connectivity index (χ3v) is 3.39. The Hall–Kier alpha value is -0.0800. The summed E-state index contributed by atoms with van der Waals surface area (Å²) in [6, 6.07) is 0. The molecule has 0 radical (unpaired) electrons. The van der Waals surface area contributed by atoms with Crippen LogP contribution in [-0.4, -0.2) is 23.9 Å². The molecule has 3 atom stereocenters. The van der Waals surface area contributed by atoms with Crippen LogP contribution in [0.2, 0.25) is 0 Å². The summed E-state index contributed by atoms with van der Waals surface area (Å²) in [5.74, 6) is 1.02. The maximum atomic E-state index is 9.88. The number of hydrogen-bond acceptors (Lipinski definition) is 2. The van der Waals surface area contributed by atoms with Crippen molar-refractivity contribution < 1.29 is 9.84 Å². The van der Waals surface area contributed by atoms with Crippen molar-refractivity contribution in [1.82, 2.24) is 0 Å². The second-order valence-corrected chi connectivity index (χ2v) is 4.92. The molecule has 0 aromatic carbocycles. The van der Waals surface area contributed by atoms with Crippen molar-refractivity contribution in [3.05, 3.63) is 0 Å². The molecular formula is C11H22O2. The number of aliphatic hydroxyl groups is 1. The van der Waals surface area contributed by atoms with Gasteiger partial charge in [0, 0.05) is 7.11 Å². The topological polar surface area (TPSA) is 29.5 Å². The summed E-state index contributed by atoms with van der Waals surface area (Å²) in [6.45, 7) is 6.04. The smallest absolute Gasteiger partial charge is 0.0619 e. The zero-order valence-corrected chi connectivity index (χ0v) is 9.21. The zero-order chi connectivity index (χ0) is 10.1. The molecule has 0 bridgehead atoms. The minimum Gasteiger partial charge on any atom is -0.390 e. The Bertz CT molecular complexity index is 160. The average Bonchev–Trinajstić information content (AvgIpc) is 2.02. The normalized spacial score (nSPS) is 36.2. The van der Waals surface area contributed by atoms with Crippen molar-refractivity contribution in [2.75, 3.05) is 7.11 Å². The maximum absolute atomic E-state index is 9.88. The molecule has 0 amide bonds. The molecule has 1 aliphatic carbocycles. The van der Waals surface area contributed by atoms with Crippen LogP contribution in [0.4, 0.5) is 0 Å². The molecular weight excluding hydrogens is 164 g/mol. The molecule has 1 saturated carbocycles. The molecule has 3 unspecified atom stereocenters. The molecule has 0 spiro atoms. The van der Waals surface area contributed by atoms with Crippen LogP contribution in [0.3, 0.4) is 0 Å². The van der Waals surface area contributed by atoms with E-state index in [1.807, 2.05) is 13.8 Å². The second-order valence-electron chi connectivity index (χ2n) is 4.92. The summed E-state index contributed by atoms with van der Waals surface area (Å²) in [4.78, 5) is 0. The van der Waals surface area contributed by atoms with Crippen molar-refractivity contribution >= 4 is 0 Å². The summed E-state index contributed by atoms with van der Waals surface area (Å²) in [5, 5.41) is 9.88. The molecule has 1 rings (SSSR count). The third kappa shape index (κ3) is 2.68. The fourth-order valence-electron chi connectivity index (χ4n) is 2.36. The maximum Gasteiger partial charge on any atom is 0.0619 e. The molecule has 1 fully saturated rings. The van der Waals surface area contributed by atoms with E-state index in [0.29, 0.717) is 17.9 Å². The van der Waals surface area contributed by atoms with E-state index >= 15 is 0 Å².